The monoisotopic (exact) mass is 420 g/mol. The molecule has 30 heavy (non-hydrogen) atoms. The van der Waals surface area contributed by atoms with Crippen molar-refractivity contribution in [2.45, 2.75) is 37.1 Å². The third kappa shape index (κ3) is 4.54. The van der Waals surface area contributed by atoms with Crippen LogP contribution >= 0.6 is 0 Å². The maximum atomic E-state index is 13.0. The molecule has 0 heterocycles. The number of aryl methyl sites for hydroxylation is 2. The molecule has 0 aromatic heterocycles. The standard InChI is InChI=1S/C24H24N2O3S/c27-24(25-17-18-8-2-1-3-9-18)22-12-6-7-13-23(22)26-30(28,29)21-15-14-19-10-4-5-11-20(19)16-21/h1-3,6-9,12-16,26H,4-5,10-11,17H2,(H,25,27). The Balaban J connectivity index is 1.54. The molecule has 0 saturated heterocycles. The summed E-state index contributed by atoms with van der Waals surface area (Å²) < 4.78 is 28.6. The van der Waals surface area contributed by atoms with E-state index in [1.807, 2.05) is 36.4 Å². The molecule has 3 aromatic carbocycles. The summed E-state index contributed by atoms with van der Waals surface area (Å²) >= 11 is 0. The van der Waals surface area contributed by atoms with E-state index in [1.165, 1.54) is 5.56 Å². The number of amides is 1. The summed E-state index contributed by atoms with van der Waals surface area (Å²) in [5.74, 6) is -0.331. The van der Waals surface area contributed by atoms with Crippen LogP contribution in [0.1, 0.15) is 39.9 Å². The molecule has 0 radical (unpaired) electrons. The zero-order valence-electron chi connectivity index (χ0n) is 16.6. The van der Waals surface area contributed by atoms with Crippen molar-refractivity contribution >= 4 is 21.6 Å². The predicted molar refractivity (Wildman–Crippen MR) is 118 cm³/mol. The van der Waals surface area contributed by atoms with Gasteiger partial charge in [-0.25, -0.2) is 8.42 Å². The highest BCUT2D eigenvalue weighted by Crippen LogP contribution is 2.26. The van der Waals surface area contributed by atoms with Crippen LogP contribution in [0.5, 0.6) is 0 Å². The van der Waals surface area contributed by atoms with Crippen LogP contribution in [0.15, 0.2) is 77.7 Å². The molecule has 1 aliphatic carbocycles. The fraction of sp³-hybridized carbons (Fsp3) is 0.208. The van der Waals surface area contributed by atoms with Crippen molar-refractivity contribution in [3.05, 3.63) is 95.1 Å². The van der Waals surface area contributed by atoms with E-state index in [2.05, 4.69) is 10.0 Å². The second kappa shape index (κ2) is 8.71. The van der Waals surface area contributed by atoms with Crippen molar-refractivity contribution in [3.63, 3.8) is 0 Å². The quantitative estimate of drug-likeness (QED) is 0.624. The first-order chi connectivity index (χ1) is 14.5. The Morgan fingerprint density at radius 3 is 2.33 bits per heavy atom. The largest absolute Gasteiger partial charge is 0.348 e. The van der Waals surface area contributed by atoms with Gasteiger partial charge in [-0.3, -0.25) is 9.52 Å². The zero-order valence-corrected chi connectivity index (χ0v) is 17.4. The number of fused-ring (bicyclic) bond motifs is 1. The molecular formula is C24H24N2O3S. The fourth-order valence-electron chi connectivity index (χ4n) is 3.72. The maximum absolute atomic E-state index is 13.0. The molecule has 154 valence electrons. The predicted octanol–water partition coefficient (Wildman–Crippen LogP) is 4.30. The normalized spacial score (nSPS) is 13.3. The first kappa shape index (κ1) is 20.2. The minimum atomic E-state index is -3.80. The van der Waals surface area contributed by atoms with Crippen molar-refractivity contribution in [2.24, 2.45) is 0 Å². The summed E-state index contributed by atoms with van der Waals surface area (Å²) in [6.45, 7) is 0.367. The number of carbonyl (C=O) groups is 1. The van der Waals surface area contributed by atoms with Gasteiger partial charge >= 0.3 is 0 Å². The topological polar surface area (TPSA) is 75.3 Å². The van der Waals surface area contributed by atoms with E-state index in [1.54, 1.807) is 36.4 Å². The van der Waals surface area contributed by atoms with Gasteiger partial charge in [-0.05, 0) is 66.6 Å². The average molecular weight is 421 g/mol. The summed E-state index contributed by atoms with van der Waals surface area (Å²) in [7, 11) is -3.80. The number of benzene rings is 3. The molecule has 6 heteroatoms. The number of nitrogens with one attached hydrogen (secondary N) is 2. The van der Waals surface area contributed by atoms with Crippen LogP contribution in [-0.2, 0) is 29.4 Å². The molecule has 0 aliphatic heterocycles. The van der Waals surface area contributed by atoms with E-state index in [4.69, 9.17) is 0 Å². The lowest BCUT2D eigenvalue weighted by molar-refractivity contribution is 0.0952. The number of hydrogen-bond acceptors (Lipinski definition) is 3. The minimum absolute atomic E-state index is 0.225. The molecule has 0 fully saturated rings. The summed E-state index contributed by atoms with van der Waals surface area (Å²) in [4.78, 5) is 12.9. The van der Waals surface area contributed by atoms with E-state index < -0.39 is 10.0 Å². The first-order valence-corrected chi connectivity index (χ1v) is 11.6. The van der Waals surface area contributed by atoms with Crippen LogP contribution in [0.25, 0.3) is 0 Å². The van der Waals surface area contributed by atoms with E-state index in [0.29, 0.717) is 6.54 Å². The summed E-state index contributed by atoms with van der Waals surface area (Å²) in [6, 6.07) is 21.5. The Hall–Kier alpha value is -3.12. The molecule has 0 spiro atoms. The van der Waals surface area contributed by atoms with Crippen LogP contribution in [0.3, 0.4) is 0 Å². The summed E-state index contributed by atoms with van der Waals surface area (Å²) in [5.41, 5.74) is 3.84. The zero-order chi connectivity index (χ0) is 21.0. The van der Waals surface area contributed by atoms with Crippen molar-refractivity contribution in [1.29, 1.82) is 0 Å². The van der Waals surface area contributed by atoms with Crippen LogP contribution in [0.2, 0.25) is 0 Å². The van der Waals surface area contributed by atoms with Gasteiger partial charge in [0, 0.05) is 6.54 Å². The molecule has 3 aromatic rings. The number of sulfonamides is 1. The lowest BCUT2D eigenvalue weighted by atomic mass is 9.92. The molecule has 1 aliphatic rings. The molecule has 0 bridgehead atoms. The van der Waals surface area contributed by atoms with Crippen LogP contribution < -0.4 is 10.0 Å². The number of hydrogen-bond donors (Lipinski definition) is 2. The lowest BCUT2D eigenvalue weighted by Crippen LogP contribution is -2.25. The van der Waals surface area contributed by atoms with Crippen LogP contribution in [0, 0.1) is 0 Å². The van der Waals surface area contributed by atoms with E-state index in [9.17, 15) is 13.2 Å². The molecule has 4 rings (SSSR count). The van der Waals surface area contributed by atoms with E-state index in [0.717, 1.165) is 36.8 Å². The number of anilines is 1. The van der Waals surface area contributed by atoms with Gasteiger partial charge in [-0.15, -0.1) is 0 Å². The fourth-order valence-corrected chi connectivity index (χ4v) is 4.85. The van der Waals surface area contributed by atoms with Crippen molar-refractivity contribution in [3.8, 4) is 0 Å². The van der Waals surface area contributed by atoms with Gasteiger partial charge in [0.2, 0.25) is 0 Å². The van der Waals surface area contributed by atoms with Crippen molar-refractivity contribution in [2.75, 3.05) is 4.72 Å². The van der Waals surface area contributed by atoms with Gasteiger partial charge in [0.15, 0.2) is 0 Å². The smallest absolute Gasteiger partial charge is 0.261 e. The van der Waals surface area contributed by atoms with E-state index >= 15 is 0 Å². The number of rotatable bonds is 6. The van der Waals surface area contributed by atoms with E-state index in [-0.39, 0.29) is 22.1 Å². The van der Waals surface area contributed by atoms with Crippen LogP contribution in [0.4, 0.5) is 5.69 Å². The first-order valence-electron chi connectivity index (χ1n) is 10.1. The van der Waals surface area contributed by atoms with Gasteiger partial charge in [0.25, 0.3) is 15.9 Å². The molecule has 1 amide bonds. The highest BCUT2D eigenvalue weighted by molar-refractivity contribution is 7.92. The van der Waals surface area contributed by atoms with Gasteiger partial charge in [0.1, 0.15) is 0 Å². The third-order valence-electron chi connectivity index (χ3n) is 5.34. The third-order valence-corrected chi connectivity index (χ3v) is 6.71. The van der Waals surface area contributed by atoms with Gasteiger partial charge < -0.3 is 5.32 Å². The maximum Gasteiger partial charge on any atom is 0.261 e. The molecule has 5 nitrogen and oxygen atoms in total. The summed E-state index contributed by atoms with van der Waals surface area (Å²) in [6.07, 6.45) is 4.11. The number of carbonyl (C=O) groups excluding carboxylic acids is 1. The second-order valence-corrected chi connectivity index (χ2v) is 9.14. The van der Waals surface area contributed by atoms with Crippen molar-refractivity contribution in [1.82, 2.24) is 5.32 Å². The van der Waals surface area contributed by atoms with Gasteiger partial charge in [-0.1, -0.05) is 48.5 Å². The minimum Gasteiger partial charge on any atom is -0.348 e. The Kier molecular flexibility index (Phi) is 5.86. The Morgan fingerprint density at radius 2 is 1.53 bits per heavy atom. The molecule has 0 unspecified atom stereocenters. The molecule has 2 N–H and O–H groups in total. The Bertz CT molecular complexity index is 1160. The van der Waals surface area contributed by atoms with Crippen molar-refractivity contribution < 1.29 is 13.2 Å². The molecule has 0 saturated carbocycles. The van der Waals surface area contributed by atoms with Crippen LogP contribution in [-0.4, -0.2) is 14.3 Å². The van der Waals surface area contributed by atoms with Gasteiger partial charge in [0.05, 0.1) is 16.1 Å². The Morgan fingerprint density at radius 1 is 0.833 bits per heavy atom. The Labute approximate surface area is 177 Å². The number of para-hydroxylation sites is 1. The lowest BCUT2D eigenvalue weighted by Gasteiger charge is -2.17. The molecule has 0 atom stereocenters. The highest BCUT2D eigenvalue weighted by Gasteiger charge is 2.20. The second-order valence-electron chi connectivity index (χ2n) is 7.46. The SMILES string of the molecule is O=C(NCc1ccccc1)c1ccccc1NS(=O)(=O)c1ccc2c(c1)CCCC2. The summed E-state index contributed by atoms with van der Waals surface area (Å²) in [5, 5.41) is 2.85. The highest BCUT2D eigenvalue weighted by atomic mass is 32.2. The average Bonchev–Trinajstić information content (AvgIpc) is 2.78. The molecular weight excluding hydrogens is 396 g/mol. The van der Waals surface area contributed by atoms with Gasteiger partial charge in [-0.2, -0.15) is 0 Å².